The van der Waals surface area contributed by atoms with Gasteiger partial charge in [-0.25, -0.2) is 9.80 Å². The molecule has 0 aromatic heterocycles. The van der Waals surface area contributed by atoms with Gasteiger partial charge in [-0.05, 0) is 45.2 Å². The Morgan fingerprint density at radius 3 is 2.29 bits per heavy atom. The minimum absolute atomic E-state index is 0.140. The van der Waals surface area contributed by atoms with E-state index in [2.05, 4.69) is 24.6 Å². The molecule has 0 heterocycles. The molecule has 0 aromatic carbocycles. The zero-order valence-electron chi connectivity index (χ0n) is 20.1. The molecule has 0 saturated carbocycles. The molecule has 0 fully saturated rings. The summed E-state index contributed by atoms with van der Waals surface area (Å²) in [6.07, 6.45) is 1.94. The third-order valence-electron chi connectivity index (χ3n) is 4.54. The van der Waals surface area contributed by atoms with E-state index in [4.69, 9.17) is 20.0 Å². The molecule has 1 atom stereocenters. The number of aliphatic carboxylic acids is 1. The van der Waals surface area contributed by atoms with Crippen LogP contribution < -0.4 is 16.5 Å². The summed E-state index contributed by atoms with van der Waals surface area (Å²) in [4.78, 5) is 35.2. The number of unbranched alkanes of at least 4 members (excludes halogenated alkanes) is 1. The molecule has 11 heteroatoms. The molecule has 2 amide bonds. The van der Waals surface area contributed by atoms with Crippen molar-refractivity contribution < 1.29 is 28.7 Å². The Morgan fingerprint density at radius 2 is 1.77 bits per heavy atom. The highest BCUT2D eigenvalue weighted by Gasteiger charge is 2.25. The number of hydrazine groups is 1. The second-order valence-corrected chi connectivity index (χ2v) is 11.9. The first kappa shape index (κ1) is 29.3. The third kappa shape index (κ3) is 14.9. The van der Waals surface area contributed by atoms with Crippen molar-refractivity contribution in [2.75, 3.05) is 26.7 Å². The Morgan fingerprint density at radius 1 is 1.16 bits per heavy atom. The topological polar surface area (TPSA) is 143 Å². The summed E-state index contributed by atoms with van der Waals surface area (Å²) in [7, 11) is 0.0520. The van der Waals surface area contributed by atoms with E-state index < -0.39 is 32.8 Å². The highest BCUT2D eigenvalue weighted by molar-refractivity contribution is 6.48. The SMILES string of the molecule is CN(CC(=O)O)NC(=O)C(CCCCC(C)(C)CNC(=O)OC(C)(C)CN)O[SiH](C)C. The minimum Gasteiger partial charge on any atom is -0.480 e. The van der Waals surface area contributed by atoms with E-state index in [1.807, 2.05) is 13.1 Å². The second-order valence-electron chi connectivity index (χ2n) is 9.52. The van der Waals surface area contributed by atoms with Crippen LogP contribution in [0, 0.1) is 5.41 Å². The van der Waals surface area contributed by atoms with Crippen LogP contribution in [0.4, 0.5) is 4.79 Å². The predicted molar refractivity (Wildman–Crippen MR) is 122 cm³/mol. The van der Waals surface area contributed by atoms with Gasteiger partial charge in [-0.1, -0.05) is 26.7 Å². The number of carboxylic acids is 1. The molecule has 31 heavy (non-hydrogen) atoms. The Bertz CT molecular complexity index is 586. The van der Waals surface area contributed by atoms with Crippen molar-refractivity contribution in [3.8, 4) is 0 Å². The largest absolute Gasteiger partial charge is 0.480 e. The molecule has 182 valence electrons. The van der Waals surface area contributed by atoms with Gasteiger partial charge in [-0.15, -0.1) is 0 Å². The van der Waals surface area contributed by atoms with Crippen molar-refractivity contribution in [3.05, 3.63) is 0 Å². The number of alkyl carbamates (subject to hydrolysis) is 1. The van der Waals surface area contributed by atoms with Crippen LogP contribution in [-0.4, -0.2) is 75.5 Å². The molecule has 0 spiro atoms. The van der Waals surface area contributed by atoms with Gasteiger partial charge < -0.3 is 25.3 Å². The Labute approximate surface area is 187 Å². The lowest BCUT2D eigenvalue weighted by Crippen LogP contribution is -2.48. The van der Waals surface area contributed by atoms with Crippen LogP contribution in [0.3, 0.4) is 0 Å². The lowest BCUT2D eigenvalue weighted by molar-refractivity contribution is -0.141. The molecule has 0 aliphatic rings. The van der Waals surface area contributed by atoms with E-state index in [0.29, 0.717) is 13.0 Å². The third-order valence-corrected chi connectivity index (χ3v) is 5.42. The summed E-state index contributed by atoms with van der Waals surface area (Å²) in [6.45, 7) is 12.0. The molecule has 0 aliphatic carbocycles. The van der Waals surface area contributed by atoms with E-state index >= 15 is 0 Å². The molecule has 10 nitrogen and oxygen atoms in total. The van der Waals surface area contributed by atoms with Gasteiger partial charge in [0.25, 0.3) is 5.91 Å². The fourth-order valence-corrected chi connectivity index (χ4v) is 3.67. The minimum atomic E-state index is -1.45. The molecule has 1 unspecified atom stereocenters. The maximum atomic E-state index is 12.5. The first-order chi connectivity index (χ1) is 14.2. The summed E-state index contributed by atoms with van der Waals surface area (Å²) in [5, 5.41) is 12.8. The number of nitrogens with zero attached hydrogens (tertiary/aromatic N) is 1. The lowest BCUT2D eigenvalue weighted by Gasteiger charge is -2.28. The van der Waals surface area contributed by atoms with E-state index in [1.54, 1.807) is 13.8 Å². The van der Waals surface area contributed by atoms with E-state index in [9.17, 15) is 14.4 Å². The monoisotopic (exact) mass is 462 g/mol. The number of carboxylic acid groups (broad SMARTS) is 1. The average molecular weight is 463 g/mol. The highest BCUT2D eigenvalue weighted by atomic mass is 28.3. The summed E-state index contributed by atoms with van der Waals surface area (Å²) in [6, 6.07) is 0. The molecular weight excluding hydrogens is 420 g/mol. The van der Waals surface area contributed by atoms with Crippen molar-refractivity contribution >= 4 is 27.0 Å². The summed E-state index contributed by atoms with van der Waals surface area (Å²) in [5.74, 6) is -1.35. The molecule has 0 aromatic rings. The van der Waals surface area contributed by atoms with Gasteiger partial charge in [-0.2, -0.15) is 0 Å². The Kier molecular flexibility index (Phi) is 12.9. The van der Waals surface area contributed by atoms with Gasteiger partial charge in [0.15, 0.2) is 9.04 Å². The molecular formula is C20H42N4O6Si. The lowest BCUT2D eigenvalue weighted by atomic mass is 9.86. The molecule has 0 rings (SSSR count). The van der Waals surface area contributed by atoms with Crippen LogP contribution in [-0.2, 0) is 18.8 Å². The number of ether oxygens (including phenoxy) is 1. The van der Waals surface area contributed by atoms with Gasteiger partial charge in [0.05, 0.1) is 0 Å². The zero-order chi connectivity index (χ0) is 24.2. The number of nitrogens with one attached hydrogen (secondary N) is 2. The molecule has 0 saturated heterocycles. The van der Waals surface area contributed by atoms with Gasteiger partial charge in [0.1, 0.15) is 18.2 Å². The number of amides is 2. The van der Waals surface area contributed by atoms with E-state index in [1.165, 1.54) is 12.1 Å². The van der Waals surface area contributed by atoms with Gasteiger partial charge in [0, 0.05) is 20.1 Å². The summed E-state index contributed by atoms with van der Waals surface area (Å²) < 4.78 is 11.1. The van der Waals surface area contributed by atoms with Crippen molar-refractivity contribution in [2.45, 2.75) is 78.2 Å². The van der Waals surface area contributed by atoms with Crippen LogP contribution in [0.15, 0.2) is 0 Å². The smallest absolute Gasteiger partial charge is 0.407 e. The van der Waals surface area contributed by atoms with Gasteiger partial charge in [-0.3, -0.25) is 15.0 Å². The molecule has 0 radical (unpaired) electrons. The Hall–Kier alpha value is -1.69. The number of carbonyl (C=O) groups excluding carboxylic acids is 2. The summed E-state index contributed by atoms with van der Waals surface area (Å²) in [5.41, 5.74) is 7.30. The molecule has 0 bridgehead atoms. The van der Waals surface area contributed by atoms with Gasteiger partial charge in [0.2, 0.25) is 0 Å². The number of hydrogen-bond acceptors (Lipinski definition) is 7. The van der Waals surface area contributed by atoms with Crippen LogP contribution in [0.1, 0.15) is 53.4 Å². The summed E-state index contributed by atoms with van der Waals surface area (Å²) >= 11 is 0. The fraction of sp³-hybridized carbons (Fsp3) is 0.850. The quantitative estimate of drug-likeness (QED) is 0.163. The van der Waals surface area contributed by atoms with Crippen LogP contribution in [0.5, 0.6) is 0 Å². The second kappa shape index (κ2) is 13.7. The zero-order valence-corrected chi connectivity index (χ0v) is 21.3. The number of nitrogens with two attached hydrogens (primary N) is 1. The standard InChI is InChI=1S/C20H42N4O6Si/c1-19(2,14-22-18(28)29-20(3,4)13-21)11-9-8-10-15(30-31(6)7)17(27)23-24(5)12-16(25)26/h15,31H,8-14,21H2,1-7H3,(H,22,28)(H,23,27)(H,25,26). The maximum absolute atomic E-state index is 12.5. The fourth-order valence-electron chi connectivity index (χ4n) is 2.75. The maximum Gasteiger partial charge on any atom is 0.407 e. The van der Waals surface area contributed by atoms with E-state index in [0.717, 1.165) is 19.3 Å². The average Bonchev–Trinajstić information content (AvgIpc) is 2.61. The number of rotatable bonds is 15. The van der Waals surface area contributed by atoms with E-state index in [-0.39, 0.29) is 24.4 Å². The first-order valence-corrected chi connectivity index (χ1v) is 13.5. The van der Waals surface area contributed by atoms with Crippen LogP contribution in [0.25, 0.3) is 0 Å². The number of carbonyl (C=O) groups is 3. The van der Waals surface area contributed by atoms with Gasteiger partial charge >= 0.3 is 12.1 Å². The Balaban J connectivity index is 4.49. The molecule has 5 N–H and O–H groups in total. The number of hydrogen-bond donors (Lipinski definition) is 4. The first-order valence-electron chi connectivity index (χ1n) is 10.7. The molecule has 0 aliphatic heterocycles. The van der Waals surface area contributed by atoms with Crippen LogP contribution >= 0.6 is 0 Å². The van der Waals surface area contributed by atoms with Crippen molar-refractivity contribution in [1.29, 1.82) is 0 Å². The van der Waals surface area contributed by atoms with Crippen LogP contribution in [0.2, 0.25) is 13.1 Å². The normalized spacial score (nSPS) is 13.2. The van der Waals surface area contributed by atoms with Crippen molar-refractivity contribution in [1.82, 2.24) is 15.8 Å². The number of likely N-dealkylation sites (N-methyl/N-ethyl adjacent to an activating group) is 1. The van der Waals surface area contributed by atoms with Crippen molar-refractivity contribution in [2.24, 2.45) is 11.1 Å². The van der Waals surface area contributed by atoms with Crippen molar-refractivity contribution in [3.63, 3.8) is 0 Å². The highest BCUT2D eigenvalue weighted by Crippen LogP contribution is 2.23. The predicted octanol–water partition coefficient (Wildman–Crippen LogP) is 1.45.